The highest BCUT2D eigenvalue weighted by atomic mass is 19.4. The Labute approximate surface area is 153 Å². The SMILES string of the molecule is FC(F)(F)c1ccc(-c2ccc3c(c2)-c2nnc(C4CC4)n2CCO3)cc1. The quantitative estimate of drug-likeness (QED) is 0.643. The third kappa shape index (κ3) is 2.87. The summed E-state index contributed by atoms with van der Waals surface area (Å²) < 4.78 is 46.4. The Morgan fingerprint density at radius 3 is 2.41 bits per heavy atom. The lowest BCUT2D eigenvalue weighted by molar-refractivity contribution is -0.137. The lowest BCUT2D eigenvalue weighted by Crippen LogP contribution is -2.08. The number of alkyl halides is 3. The molecule has 7 heteroatoms. The second kappa shape index (κ2) is 5.84. The number of hydrogen-bond acceptors (Lipinski definition) is 3. The Hall–Kier alpha value is -2.83. The molecule has 0 spiro atoms. The number of aromatic nitrogens is 3. The summed E-state index contributed by atoms with van der Waals surface area (Å²) >= 11 is 0. The van der Waals surface area contributed by atoms with Crippen molar-refractivity contribution in [2.24, 2.45) is 0 Å². The monoisotopic (exact) mass is 371 g/mol. The van der Waals surface area contributed by atoms with Crippen molar-refractivity contribution in [2.45, 2.75) is 31.5 Å². The molecule has 0 N–H and O–H groups in total. The van der Waals surface area contributed by atoms with Gasteiger partial charge in [-0.3, -0.25) is 0 Å². The van der Waals surface area contributed by atoms with Gasteiger partial charge in [0.1, 0.15) is 18.2 Å². The zero-order valence-corrected chi connectivity index (χ0v) is 14.3. The fourth-order valence-electron chi connectivity index (χ4n) is 3.49. The van der Waals surface area contributed by atoms with Crippen LogP contribution in [0, 0.1) is 0 Å². The molecule has 1 fully saturated rings. The molecular weight excluding hydrogens is 355 g/mol. The first-order chi connectivity index (χ1) is 13.0. The molecule has 1 aliphatic heterocycles. The average molecular weight is 371 g/mol. The topological polar surface area (TPSA) is 39.9 Å². The summed E-state index contributed by atoms with van der Waals surface area (Å²) in [6.45, 7) is 1.23. The van der Waals surface area contributed by atoms with Gasteiger partial charge in [-0.05, 0) is 48.2 Å². The van der Waals surface area contributed by atoms with E-state index < -0.39 is 11.7 Å². The van der Waals surface area contributed by atoms with Gasteiger partial charge in [-0.15, -0.1) is 10.2 Å². The average Bonchev–Trinajstić information content (AvgIpc) is 3.44. The van der Waals surface area contributed by atoms with E-state index in [0.29, 0.717) is 24.6 Å². The standard InChI is InChI=1S/C20H16F3N3O/c21-20(22,23)15-6-3-12(4-7-15)14-5-8-17-16(11-14)19-25-24-18(13-1-2-13)26(19)9-10-27-17/h3-8,11,13H,1-2,9-10H2. The zero-order valence-electron chi connectivity index (χ0n) is 14.3. The number of benzene rings is 2. The fourth-order valence-corrected chi connectivity index (χ4v) is 3.49. The van der Waals surface area contributed by atoms with E-state index in [-0.39, 0.29) is 0 Å². The third-order valence-electron chi connectivity index (χ3n) is 5.06. The van der Waals surface area contributed by atoms with E-state index in [1.807, 2.05) is 18.2 Å². The Morgan fingerprint density at radius 1 is 0.963 bits per heavy atom. The molecule has 1 saturated carbocycles. The molecule has 0 bridgehead atoms. The molecule has 0 atom stereocenters. The van der Waals surface area contributed by atoms with Gasteiger partial charge in [0.15, 0.2) is 5.82 Å². The van der Waals surface area contributed by atoms with Crippen LogP contribution in [0.25, 0.3) is 22.5 Å². The smallest absolute Gasteiger partial charge is 0.416 e. The first-order valence-corrected chi connectivity index (χ1v) is 8.88. The lowest BCUT2D eigenvalue weighted by atomic mass is 10.0. The van der Waals surface area contributed by atoms with Gasteiger partial charge in [0.25, 0.3) is 0 Å². The summed E-state index contributed by atoms with van der Waals surface area (Å²) in [5.41, 5.74) is 1.70. The van der Waals surface area contributed by atoms with Crippen LogP contribution in [-0.2, 0) is 12.7 Å². The zero-order chi connectivity index (χ0) is 18.6. The normalized spacial score (nSPS) is 16.3. The van der Waals surface area contributed by atoms with E-state index >= 15 is 0 Å². The summed E-state index contributed by atoms with van der Waals surface area (Å²) in [7, 11) is 0. The van der Waals surface area contributed by atoms with Crippen molar-refractivity contribution in [3.8, 4) is 28.3 Å². The van der Waals surface area contributed by atoms with Crippen LogP contribution in [0.3, 0.4) is 0 Å². The highest BCUT2D eigenvalue weighted by Crippen LogP contribution is 2.42. The molecule has 2 aliphatic rings. The number of ether oxygens (including phenoxy) is 1. The number of nitrogens with zero attached hydrogens (tertiary/aromatic N) is 3. The van der Waals surface area contributed by atoms with Gasteiger partial charge in [0, 0.05) is 5.92 Å². The van der Waals surface area contributed by atoms with Crippen LogP contribution in [-0.4, -0.2) is 21.4 Å². The summed E-state index contributed by atoms with van der Waals surface area (Å²) in [5.74, 6) is 2.96. The Kier molecular flexibility index (Phi) is 3.54. The second-order valence-corrected chi connectivity index (χ2v) is 6.94. The van der Waals surface area contributed by atoms with Gasteiger partial charge in [0.2, 0.25) is 0 Å². The number of halogens is 3. The first-order valence-electron chi connectivity index (χ1n) is 8.88. The van der Waals surface area contributed by atoms with Crippen LogP contribution in [0.1, 0.15) is 30.1 Å². The third-order valence-corrected chi connectivity index (χ3v) is 5.06. The van der Waals surface area contributed by atoms with Gasteiger partial charge >= 0.3 is 6.18 Å². The molecule has 138 valence electrons. The van der Waals surface area contributed by atoms with Gasteiger partial charge in [-0.25, -0.2) is 0 Å². The predicted octanol–water partition coefficient (Wildman–Crippen LogP) is 4.90. The van der Waals surface area contributed by atoms with Crippen molar-refractivity contribution < 1.29 is 17.9 Å². The maximum Gasteiger partial charge on any atom is 0.416 e. The van der Waals surface area contributed by atoms with Crippen LogP contribution in [0.2, 0.25) is 0 Å². The molecule has 2 aromatic carbocycles. The van der Waals surface area contributed by atoms with E-state index in [1.165, 1.54) is 12.1 Å². The minimum atomic E-state index is -4.34. The van der Waals surface area contributed by atoms with E-state index in [0.717, 1.165) is 53.5 Å². The van der Waals surface area contributed by atoms with Crippen LogP contribution in [0.5, 0.6) is 5.75 Å². The van der Waals surface area contributed by atoms with Crippen molar-refractivity contribution in [3.63, 3.8) is 0 Å². The van der Waals surface area contributed by atoms with E-state index in [2.05, 4.69) is 14.8 Å². The maximum absolute atomic E-state index is 12.8. The molecule has 0 amide bonds. The van der Waals surface area contributed by atoms with Gasteiger partial charge in [-0.1, -0.05) is 18.2 Å². The van der Waals surface area contributed by atoms with Crippen LogP contribution in [0.4, 0.5) is 13.2 Å². The van der Waals surface area contributed by atoms with Crippen molar-refractivity contribution in [1.29, 1.82) is 0 Å². The van der Waals surface area contributed by atoms with Crippen molar-refractivity contribution in [1.82, 2.24) is 14.8 Å². The Morgan fingerprint density at radius 2 is 1.70 bits per heavy atom. The molecule has 2 heterocycles. The molecule has 1 aliphatic carbocycles. The maximum atomic E-state index is 12.8. The van der Waals surface area contributed by atoms with Gasteiger partial charge in [0.05, 0.1) is 17.7 Å². The molecular formula is C20H16F3N3O. The number of fused-ring (bicyclic) bond motifs is 3. The van der Waals surface area contributed by atoms with Crippen LogP contribution < -0.4 is 4.74 Å². The molecule has 5 rings (SSSR count). The number of hydrogen-bond donors (Lipinski definition) is 0. The molecule has 0 saturated heterocycles. The summed E-state index contributed by atoms with van der Waals surface area (Å²) in [6, 6.07) is 10.8. The summed E-state index contributed by atoms with van der Waals surface area (Å²) in [4.78, 5) is 0. The van der Waals surface area contributed by atoms with Crippen molar-refractivity contribution in [3.05, 3.63) is 53.9 Å². The lowest BCUT2D eigenvalue weighted by Gasteiger charge is -2.10. The molecule has 27 heavy (non-hydrogen) atoms. The van der Waals surface area contributed by atoms with E-state index in [1.54, 1.807) is 0 Å². The van der Waals surface area contributed by atoms with E-state index in [4.69, 9.17) is 4.74 Å². The summed E-state index contributed by atoms with van der Waals surface area (Å²) in [6.07, 6.45) is -2.06. The van der Waals surface area contributed by atoms with Crippen LogP contribution >= 0.6 is 0 Å². The van der Waals surface area contributed by atoms with Crippen LogP contribution in [0.15, 0.2) is 42.5 Å². The van der Waals surface area contributed by atoms with Crippen molar-refractivity contribution >= 4 is 0 Å². The highest BCUT2D eigenvalue weighted by Gasteiger charge is 2.32. The predicted molar refractivity (Wildman–Crippen MR) is 93.4 cm³/mol. The highest BCUT2D eigenvalue weighted by molar-refractivity contribution is 5.75. The summed E-state index contributed by atoms with van der Waals surface area (Å²) in [5, 5.41) is 8.76. The van der Waals surface area contributed by atoms with E-state index in [9.17, 15) is 13.2 Å². The van der Waals surface area contributed by atoms with Gasteiger partial charge < -0.3 is 9.30 Å². The minimum absolute atomic E-state index is 0.478. The van der Waals surface area contributed by atoms with Gasteiger partial charge in [-0.2, -0.15) is 13.2 Å². The molecule has 0 unspecified atom stereocenters. The first kappa shape index (κ1) is 16.4. The molecule has 0 radical (unpaired) electrons. The number of rotatable bonds is 2. The molecule has 3 aromatic rings. The molecule has 4 nitrogen and oxygen atoms in total. The fraction of sp³-hybridized carbons (Fsp3) is 0.300. The Balaban J connectivity index is 1.57. The largest absolute Gasteiger partial charge is 0.491 e. The van der Waals surface area contributed by atoms with Crippen molar-refractivity contribution in [2.75, 3.05) is 6.61 Å². The Bertz CT molecular complexity index is 1000. The second-order valence-electron chi connectivity index (χ2n) is 6.94. The minimum Gasteiger partial charge on any atom is -0.491 e. The molecule has 1 aromatic heterocycles.